The third kappa shape index (κ3) is 7.06. The minimum absolute atomic E-state index is 0.0936. The van der Waals surface area contributed by atoms with Crippen LogP contribution in [0.25, 0.3) is 5.69 Å². The Kier molecular flexibility index (Phi) is 7.66. The highest BCUT2D eigenvalue weighted by molar-refractivity contribution is 5.68. The molecule has 0 radical (unpaired) electrons. The number of benzene rings is 2. The molecule has 8 nitrogen and oxygen atoms in total. The molecular weight excluding hydrogens is 427 g/mol. The number of aromatic nitrogens is 3. The van der Waals surface area contributed by atoms with Crippen molar-refractivity contribution >= 4 is 6.09 Å². The Morgan fingerprint density at radius 1 is 1.12 bits per heavy atom. The molecule has 0 spiro atoms. The number of alkyl carbamates (subject to hydrolysis) is 1. The van der Waals surface area contributed by atoms with Gasteiger partial charge in [0, 0.05) is 11.1 Å². The lowest BCUT2D eigenvalue weighted by Crippen LogP contribution is -2.41. The average Bonchev–Trinajstić information content (AvgIpc) is 3.15. The number of nitrogens with zero attached hydrogens (tertiary/aromatic N) is 3. The van der Waals surface area contributed by atoms with E-state index in [1.807, 2.05) is 30.3 Å². The first-order valence-corrected chi connectivity index (χ1v) is 10.4. The van der Waals surface area contributed by atoms with Crippen LogP contribution in [0.15, 0.2) is 77.6 Å². The van der Waals surface area contributed by atoms with E-state index in [9.17, 15) is 14.0 Å². The van der Waals surface area contributed by atoms with E-state index in [-0.39, 0.29) is 18.7 Å². The minimum atomic E-state index is -0.672. The van der Waals surface area contributed by atoms with Gasteiger partial charge in [-0.2, -0.15) is 5.10 Å². The molecule has 2 aromatic carbocycles. The molecule has 9 heteroatoms. The standard InChI is InChI=1S/C24H27FN4O4/c1-24(2,3)27-22(30)33-16-19(13-25)14-29-23(31)28(17-26-29)20-9-11-21(12-10-20)32-15-18-7-5-4-6-8-18/h4-13,17H,14-16H2,1-3H3,(H,27,30)/b19-13+. The van der Waals surface area contributed by atoms with Crippen LogP contribution in [-0.4, -0.2) is 32.6 Å². The van der Waals surface area contributed by atoms with Crippen LogP contribution >= 0.6 is 0 Å². The normalized spacial score (nSPS) is 11.8. The second kappa shape index (κ2) is 10.6. The zero-order valence-electron chi connectivity index (χ0n) is 18.8. The Balaban J connectivity index is 1.60. The number of carbonyl (C=O) groups is 1. The molecule has 1 aromatic heterocycles. The monoisotopic (exact) mass is 454 g/mol. The minimum Gasteiger partial charge on any atom is -0.489 e. The lowest BCUT2D eigenvalue weighted by Gasteiger charge is -2.20. The smallest absolute Gasteiger partial charge is 0.407 e. The van der Waals surface area contributed by atoms with Crippen LogP contribution < -0.4 is 15.7 Å². The third-order valence-electron chi connectivity index (χ3n) is 4.47. The van der Waals surface area contributed by atoms with E-state index in [1.165, 1.54) is 10.9 Å². The highest BCUT2D eigenvalue weighted by Crippen LogP contribution is 2.16. The average molecular weight is 455 g/mol. The fourth-order valence-electron chi connectivity index (χ4n) is 2.87. The van der Waals surface area contributed by atoms with Gasteiger partial charge in [-0.3, -0.25) is 0 Å². The van der Waals surface area contributed by atoms with Gasteiger partial charge in [-0.05, 0) is 50.6 Å². The number of nitrogens with one attached hydrogen (secondary N) is 1. The van der Waals surface area contributed by atoms with Gasteiger partial charge in [-0.25, -0.2) is 23.2 Å². The van der Waals surface area contributed by atoms with Gasteiger partial charge in [0.15, 0.2) is 0 Å². The number of amides is 1. The van der Waals surface area contributed by atoms with E-state index >= 15 is 0 Å². The van der Waals surface area contributed by atoms with Gasteiger partial charge in [0.25, 0.3) is 0 Å². The van der Waals surface area contributed by atoms with Crippen LogP contribution in [0.1, 0.15) is 26.3 Å². The molecule has 1 amide bonds. The second-order valence-electron chi connectivity index (χ2n) is 8.43. The van der Waals surface area contributed by atoms with E-state index in [1.54, 1.807) is 45.0 Å². The number of halogens is 1. The largest absolute Gasteiger partial charge is 0.489 e. The van der Waals surface area contributed by atoms with Gasteiger partial charge in [-0.1, -0.05) is 30.3 Å². The van der Waals surface area contributed by atoms with Crippen molar-refractivity contribution in [1.82, 2.24) is 19.7 Å². The molecule has 3 aromatic rings. The van der Waals surface area contributed by atoms with Crippen LogP contribution in [0, 0.1) is 0 Å². The summed E-state index contributed by atoms with van der Waals surface area (Å²) in [6.07, 6.45) is 0.995. The summed E-state index contributed by atoms with van der Waals surface area (Å²) in [5.41, 5.74) is 0.803. The van der Waals surface area contributed by atoms with Crippen molar-refractivity contribution in [2.45, 2.75) is 39.5 Å². The highest BCUT2D eigenvalue weighted by Gasteiger charge is 2.16. The molecule has 33 heavy (non-hydrogen) atoms. The number of hydrogen-bond donors (Lipinski definition) is 1. The molecular formula is C24H27FN4O4. The molecule has 1 heterocycles. The van der Waals surface area contributed by atoms with Crippen molar-refractivity contribution in [2.75, 3.05) is 6.61 Å². The van der Waals surface area contributed by atoms with Crippen LogP contribution in [0.2, 0.25) is 0 Å². The summed E-state index contributed by atoms with van der Waals surface area (Å²) < 4.78 is 26.5. The fourth-order valence-corrected chi connectivity index (χ4v) is 2.87. The Morgan fingerprint density at radius 3 is 2.45 bits per heavy atom. The van der Waals surface area contributed by atoms with Crippen molar-refractivity contribution in [3.8, 4) is 11.4 Å². The molecule has 0 aliphatic rings. The van der Waals surface area contributed by atoms with Crippen molar-refractivity contribution in [1.29, 1.82) is 0 Å². The zero-order valence-corrected chi connectivity index (χ0v) is 18.8. The molecule has 0 bridgehead atoms. The van der Waals surface area contributed by atoms with E-state index in [4.69, 9.17) is 9.47 Å². The first kappa shape index (κ1) is 23.8. The molecule has 0 saturated heterocycles. The van der Waals surface area contributed by atoms with Crippen LogP contribution in [0.3, 0.4) is 0 Å². The number of rotatable bonds is 8. The third-order valence-corrected chi connectivity index (χ3v) is 4.47. The Morgan fingerprint density at radius 2 is 1.82 bits per heavy atom. The molecule has 3 rings (SSSR count). The quantitative estimate of drug-likeness (QED) is 0.556. The topological polar surface area (TPSA) is 87.4 Å². The van der Waals surface area contributed by atoms with Crippen molar-refractivity contribution in [2.24, 2.45) is 0 Å². The molecule has 1 N–H and O–H groups in total. The molecule has 0 aliphatic heterocycles. The Labute approximate surface area is 191 Å². The van der Waals surface area contributed by atoms with E-state index in [2.05, 4.69) is 10.4 Å². The predicted molar refractivity (Wildman–Crippen MR) is 122 cm³/mol. The Bertz CT molecular complexity index is 1150. The number of ether oxygens (including phenoxy) is 2. The fraction of sp³-hybridized carbons (Fsp3) is 0.292. The lowest BCUT2D eigenvalue weighted by molar-refractivity contribution is 0.145. The van der Waals surface area contributed by atoms with Crippen LogP contribution in [0.5, 0.6) is 5.75 Å². The maximum Gasteiger partial charge on any atom is 0.407 e. The van der Waals surface area contributed by atoms with E-state index in [0.29, 0.717) is 24.4 Å². The second-order valence-corrected chi connectivity index (χ2v) is 8.43. The number of hydrogen-bond acceptors (Lipinski definition) is 5. The number of carbonyl (C=O) groups excluding carboxylic acids is 1. The first-order valence-electron chi connectivity index (χ1n) is 10.4. The summed E-state index contributed by atoms with van der Waals surface area (Å²) in [5.74, 6) is 0.663. The molecule has 0 aliphatic carbocycles. The van der Waals surface area contributed by atoms with E-state index < -0.39 is 17.3 Å². The van der Waals surface area contributed by atoms with Gasteiger partial charge < -0.3 is 14.8 Å². The van der Waals surface area contributed by atoms with Crippen molar-refractivity contribution in [3.63, 3.8) is 0 Å². The zero-order chi connectivity index (χ0) is 23.8. The predicted octanol–water partition coefficient (Wildman–Crippen LogP) is 3.99. The highest BCUT2D eigenvalue weighted by atomic mass is 19.1. The summed E-state index contributed by atoms with van der Waals surface area (Å²) in [5, 5.41) is 6.65. The summed E-state index contributed by atoms with van der Waals surface area (Å²) >= 11 is 0. The molecule has 0 unspecified atom stereocenters. The molecule has 174 valence electrons. The van der Waals surface area contributed by atoms with Crippen molar-refractivity contribution < 1.29 is 18.7 Å². The van der Waals surface area contributed by atoms with Gasteiger partial charge in [0.2, 0.25) is 0 Å². The summed E-state index contributed by atoms with van der Waals surface area (Å²) in [7, 11) is 0. The maximum absolute atomic E-state index is 13.3. The van der Waals surface area contributed by atoms with Gasteiger partial charge in [0.05, 0.1) is 18.6 Å². The SMILES string of the molecule is CC(C)(C)NC(=O)OC/C(=C/F)Cn1ncn(-c2ccc(OCc3ccccc3)cc2)c1=O. The van der Waals surface area contributed by atoms with Crippen LogP contribution in [-0.2, 0) is 17.9 Å². The lowest BCUT2D eigenvalue weighted by atomic mass is 10.1. The van der Waals surface area contributed by atoms with Gasteiger partial charge in [0.1, 0.15) is 25.3 Å². The van der Waals surface area contributed by atoms with Gasteiger partial charge in [-0.15, -0.1) is 0 Å². The first-order chi connectivity index (χ1) is 15.7. The van der Waals surface area contributed by atoms with Gasteiger partial charge >= 0.3 is 11.8 Å². The molecule has 0 fully saturated rings. The summed E-state index contributed by atoms with van der Waals surface area (Å²) in [4.78, 5) is 24.5. The Hall–Kier alpha value is -3.88. The molecule has 0 atom stereocenters. The van der Waals surface area contributed by atoms with E-state index in [0.717, 1.165) is 10.2 Å². The summed E-state index contributed by atoms with van der Waals surface area (Å²) in [6.45, 7) is 5.39. The van der Waals surface area contributed by atoms with Crippen molar-refractivity contribution in [3.05, 3.63) is 88.9 Å². The maximum atomic E-state index is 13.3. The molecule has 0 saturated carbocycles. The van der Waals surface area contributed by atoms with Crippen LogP contribution in [0.4, 0.5) is 9.18 Å². The summed E-state index contributed by atoms with van der Waals surface area (Å²) in [6, 6.07) is 16.8.